The highest BCUT2D eigenvalue weighted by Gasteiger charge is 2.14. The highest BCUT2D eigenvalue weighted by atomic mass is 16.7. The van der Waals surface area contributed by atoms with Crippen LogP contribution in [0.15, 0.2) is 48.5 Å². The molecular weight excluding hydrogens is 256 g/mol. The summed E-state index contributed by atoms with van der Waals surface area (Å²) in [7, 11) is 0. The first-order valence-electron chi connectivity index (χ1n) is 6.11. The number of nitrogens with zero attached hydrogens (tertiary/aromatic N) is 2. The fourth-order valence-electron chi connectivity index (χ4n) is 2.02. The summed E-state index contributed by atoms with van der Waals surface area (Å²) in [6, 6.07) is 14.0. The van der Waals surface area contributed by atoms with Crippen LogP contribution in [-0.4, -0.2) is 20.8 Å². The van der Waals surface area contributed by atoms with E-state index in [0.717, 1.165) is 11.1 Å². The molecule has 3 aromatic rings. The molecule has 0 amide bonds. The van der Waals surface area contributed by atoms with Crippen LogP contribution in [0.1, 0.15) is 6.92 Å². The van der Waals surface area contributed by atoms with Crippen LogP contribution in [0.5, 0.6) is 5.75 Å². The van der Waals surface area contributed by atoms with Crippen LogP contribution in [0, 0.1) is 0 Å². The first kappa shape index (κ1) is 12.2. The Bertz CT molecular complexity index is 775. The zero-order chi connectivity index (χ0) is 14.1. The predicted molar refractivity (Wildman–Crippen MR) is 74.1 cm³/mol. The van der Waals surface area contributed by atoms with Crippen molar-refractivity contribution in [3.63, 3.8) is 0 Å². The number of carbonyl (C=O) groups excluding carboxylic acids is 1. The molecular formula is C15H12N2O3. The molecule has 0 aliphatic rings. The molecule has 5 heteroatoms. The third-order valence-corrected chi connectivity index (χ3v) is 2.86. The summed E-state index contributed by atoms with van der Waals surface area (Å²) in [6.07, 6.45) is 0. The summed E-state index contributed by atoms with van der Waals surface area (Å²) >= 11 is 0. The number of aromatic hydroxyl groups is 1. The molecule has 3 rings (SSSR count). The van der Waals surface area contributed by atoms with Crippen LogP contribution in [0.3, 0.4) is 0 Å². The number of benzene rings is 2. The van der Waals surface area contributed by atoms with Crippen molar-refractivity contribution in [2.45, 2.75) is 6.92 Å². The molecule has 0 unspecified atom stereocenters. The van der Waals surface area contributed by atoms with Crippen molar-refractivity contribution in [1.82, 2.24) is 9.71 Å². The van der Waals surface area contributed by atoms with Gasteiger partial charge >= 0.3 is 5.97 Å². The van der Waals surface area contributed by atoms with Gasteiger partial charge in [0.15, 0.2) is 5.82 Å². The Balaban J connectivity index is 2.23. The van der Waals surface area contributed by atoms with Crippen molar-refractivity contribution >= 4 is 17.0 Å². The second kappa shape index (κ2) is 4.70. The van der Waals surface area contributed by atoms with Gasteiger partial charge in [-0.1, -0.05) is 12.1 Å². The first-order valence-corrected chi connectivity index (χ1v) is 6.11. The zero-order valence-electron chi connectivity index (χ0n) is 10.8. The number of aromatic nitrogens is 2. The molecule has 0 aliphatic carbocycles. The molecule has 0 saturated heterocycles. The van der Waals surface area contributed by atoms with Gasteiger partial charge in [-0.15, -0.1) is 0 Å². The molecule has 0 atom stereocenters. The van der Waals surface area contributed by atoms with Gasteiger partial charge in [-0.2, -0.15) is 4.73 Å². The summed E-state index contributed by atoms with van der Waals surface area (Å²) in [5.41, 5.74) is 2.20. The van der Waals surface area contributed by atoms with E-state index in [-0.39, 0.29) is 5.75 Å². The molecule has 0 spiro atoms. The van der Waals surface area contributed by atoms with Crippen molar-refractivity contribution in [1.29, 1.82) is 0 Å². The Hall–Kier alpha value is -2.82. The molecule has 1 aromatic heterocycles. The van der Waals surface area contributed by atoms with Gasteiger partial charge in [0.05, 0.1) is 5.52 Å². The molecule has 100 valence electrons. The molecule has 20 heavy (non-hydrogen) atoms. The Morgan fingerprint density at radius 1 is 1.15 bits per heavy atom. The van der Waals surface area contributed by atoms with E-state index in [9.17, 15) is 9.90 Å². The third kappa shape index (κ3) is 2.09. The lowest BCUT2D eigenvalue weighted by Gasteiger charge is -2.07. The van der Waals surface area contributed by atoms with Crippen molar-refractivity contribution in [2.24, 2.45) is 0 Å². The number of para-hydroxylation sites is 2. The van der Waals surface area contributed by atoms with Crippen LogP contribution in [-0.2, 0) is 4.79 Å². The Morgan fingerprint density at radius 2 is 1.85 bits per heavy atom. The molecule has 0 radical (unpaired) electrons. The first-order chi connectivity index (χ1) is 9.65. The number of imidazole rings is 1. The standard InChI is InChI=1S/C15H12N2O3/c1-10(18)20-17-14-5-3-2-4-13(14)16-15(17)11-6-8-12(19)9-7-11/h2-9,19H,1H3. The number of hydrogen-bond acceptors (Lipinski definition) is 4. The normalized spacial score (nSPS) is 10.7. The highest BCUT2D eigenvalue weighted by molar-refractivity contribution is 5.81. The number of rotatable bonds is 2. The van der Waals surface area contributed by atoms with Gasteiger partial charge in [-0.05, 0) is 36.4 Å². The second-order valence-electron chi connectivity index (χ2n) is 4.35. The maximum atomic E-state index is 11.3. The van der Waals surface area contributed by atoms with Crippen LogP contribution in [0.25, 0.3) is 22.4 Å². The van der Waals surface area contributed by atoms with Crippen molar-refractivity contribution in [3.8, 4) is 17.1 Å². The van der Waals surface area contributed by atoms with E-state index in [1.54, 1.807) is 24.3 Å². The number of carbonyl (C=O) groups is 1. The van der Waals surface area contributed by atoms with Crippen LogP contribution in [0.2, 0.25) is 0 Å². The Morgan fingerprint density at radius 3 is 2.55 bits per heavy atom. The summed E-state index contributed by atoms with van der Waals surface area (Å²) in [5, 5.41) is 9.35. The molecule has 0 fully saturated rings. The van der Waals surface area contributed by atoms with E-state index in [1.165, 1.54) is 11.7 Å². The van der Waals surface area contributed by atoms with Crippen LogP contribution in [0.4, 0.5) is 0 Å². The van der Waals surface area contributed by atoms with Gasteiger partial charge in [0.1, 0.15) is 11.3 Å². The lowest BCUT2D eigenvalue weighted by Crippen LogP contribution is -2.17. The second-order valence-corrected chi connectivity index (χ2v) is 4.35. The maximum Gasteiger partial charge on any atom is 0.329 e. The molecule has 0 saturated carbocycles. The van der Waals surface area contributed by atoms with Gasteiger partial charge in [0.2, 0.25) is 0 Å². The van der Waals surface area contributed by atoms with Gasteiger partial charge in [-0.25, -0.2) is 9.78 Å². The molecule has 2 aromatic carbocycles. The smallest absolute Gasteiger partial charge is 0.329 e. The minimum absolute atomic E-state index is 0.170. The molecule has 1 N–H and O–H groups in total. The molecule has 1 heterocycles. The van der Waals surface area contributed by atoms with Crippen LogP contribution < -0.4 is 4.84 Å². The summed E-state index contributed by atoms with van der Waals surface area (Å²) < 4.78 is 1.41. The van der Waals surface area contributed by atoms with Gasteiger partial charge in [-0.3, -0.25) is 0 Å². The SMILES string of the molecule is CC(=O)On1c(-c2ccc(O)cc2)nc2ccccc21. The van der Waals surface area contributed by atoms with Gasteiger partial charge in [0.25, 0.3) is 0 Å². The topological polar surface area (TPSA) is 64.3 Å². The maximum absolute atomic E-state index is 11.3. The summed E-state index contributed by atoms with van der Waals surface area (Å²) in [4.78, 5) is 21.0. The largest absolute Gasteiger partial charge is 0.508 e. The lowest BCUT2D eigenvalue weighted by atomic mass is 10.2. The fraction of sp³-hybridized carbons (Fsp3) is 0.0667. The number of fused-ring (bicyclic) bond motifs is 1. The van der Waals surface area contributed by atoms with Crippen LogP contribution >= 0.6 is 0 Å². The monoisotopic (exact) mass is 268 g/mol. The summed E-state index contributed by atoms with van der Waals surface area (Å²) in [6.45, 7) is 1.34. The van der Waals surface area contributed by atoms with E-state index in [0.29, 0.717) is 11.3 Å². The minimum atomic E-state index is -0.423. The van der Waals surface area contributed by atoms with Crippen molar-refractivity contribution < 1.29 is 14.7 Å². The minimum Gasteiger partial charge on any atom is -0.508 e. The number of phenolic OH excluding ortho intramolecular Hbond substituents is 1. The highest BCUT2D eigenvalue weighted by Crippen LogP contribution is 2.25. The average molecular weight is 268 g/mol. The third-order valence-electron chi connectivity index (χ3n) is 2.86. The Kier molecular flexibility index (Phi) is 2.87. The molecule has 0 aliphatic heterocycles. The fourth-order valence-corrected chi connectivity index (χ4v) is 2.02. The van der Waals surface area contributed by atoms with E-state index in [1.807, 2.05) is 24.3 Å². The molecule has 5 nitrogen and oxygen atoms in total. The van der Waals surface area contributed by atoms with E-state index < -0.39 is 5.97 Å². The van der Waals surface area contributed by atoms with Crippen molar-refractivity contribution in [3.05, 3.63) is 48.5 Å². The average Bonchev–Trinajstić information content (AvgIpc) is 2.78. The van der Waals surface area contributed by atoms with E-state index in [4.69, 9.17) is 4.84 Å². The van der Waals surface area contributed by atoms with E-state index in [2.05, 4.69) is 4.98 Å². The quantitative estimate of drug-likeness (QED) is 0.775. The molecule has 0 bridgehead atoms. The number of hydrogen-bond donors (Lipinski definition) is 1. The van der Waals surface area contributed by atoms with Gasteiger partial charge < -0.3 is 9.94 Å². The number of phenols is 1. The lowest BCUT2D eigenvalue weighted by molar-refractivity contribution is -0.140. The van der Waals surface area contributed by atoms with E-state index >= 15 is 0 Å². The summed E-state index contributed by atoms with van der Waals surface area (Å²) in [5.74, 6) is 0.262. The zero-order valence-corrected chi connectivity index (χ0v) is 10.8. The van der Waals surface area contributed by atoms with Gasteiger partial charge in [0, 0.05) is 12.5 Å². The van der Waals surface area contributed by atoms with Crippen molar-refractivity contribution in [2.75, 3.05) is 0 Å². The Labute approximate surface area is 115 Å². The predicted octanol–water partition coefficient (Wildman–Crippen LogP) is 2.38.